The van der Waals surface area contributed by atoms with Crippen LogP contribution in [0, 0.1) is 0 Å². The standard InChI is InChI=1S/C12H16F3N3O3S/c13-12(14,15)8-16-11-6-10(5-9(7-19)17-11)18-1-3-22(20,21)4-2-18/h5-6,19H,1-4,7-8H2,(H,16,17). The minimum absolute atomic E-state index is 0.00487. The molecule has 1 saturated heterocycles. The molecule has 0 spiro atoms. The molecule has 0 amide bonds. The molecule has 0 aromatic carbocycles. The van der Waals surface area contributed by atoms with Crippen LogP contribution in [0.3, 0.4) is 0 Å². The molecule has 1 aromatic rings. The number of aliphatic hydroxyl groups is 1. The van der Waals surface area contributed by atoms with Gasteiger partial charge in [0.2, 0.25) is 0 Å². The molecule has 0 unspecified atom stereocenters. The van der Waals surface area contributed by atoms with Gasteiger partial charge in [-0.1, -0.05) is 0 Å². The average molecular weight is 339 g/mol. The number of halogens is 3. The Morgan fingerprint density at radius 3 is 2.45 bits per heavy atom. The van der Waals surface area contributed by atoms with E-state index in [4.69, 9.17) is 5.11 Å². The van der Waals surface area contributed by atoms with Gasteiger partial charge in [-0.25, -0.2) is 13.4 Å². The predicted molar refractivity (Wildman–Crippen MR) is 75.6 cm³/mol. The molecule has 2 rings (SSSR count). The molecular weight excluding hydrogens is 323 g/mol. The maximum Gasteiger partial charge on any atom is 0.405 e. The molecule has 0 atom stereocenters. The van der Waals surface area contributed by atoms with Gasteiger partial charge >= 0.3 is 6.18 Å². The Hall–Kier alpha value is -1.55. The molecule has 22 heavy (non-hydrogen) atoms. The number of hydrogen-bond donors (Lipinski definition) is 2. The van der Waals surface area contributed by atoms with Crippen molar-refractivity contribution in [3.8, 4) is 0 Å². The summed E-state index contributed by atoms with van der Waals surface area (Å²) in [6, 6.07) is 2.96. The lowest BCUT2D eigenvalue weighted by Gasteiger charge is -2.29. The van der Waals surface area contributed by atoms with E-state index in [1.165, 1.54) is 12.1 Å². The molecule has 2 heterocycles. The van der Waals surface area contributed by atoms with E-state index in [0.29, 0.717) is 5.69 Å². The van der Waals surface area contributed by atoms with Crippen molar-refractivity contribution in [2.45, 2.75) is 12.8 Å². The smallest absolute Gasteiger partial charge is 0.390 e. The van der Waals surface area contributed by atoms with Gasteiger partial charge in [0.05, 0.1) is 23.8 Å². The van der Waals surface area contributed by atoms with Gasteiger partial charge in [0, 0.05) is 24.8 Å². The SMILES string of the molecule is O=S1(=O)CCN(c2cc(CO)nc(NCC(F)(F)F)c2)CC1. The summed E-state index contributed by atoms with van der Waals surface area (Å²) in [7, 11) is -3.05. The maximum atomic E-state index is 12.2. The second kappa shape index (κ2) is 6.29. The Labute approximate surface area is 125 Å². The molecule has 1 aliphatic heterocycles. The van der Waals surface area contributed by atoms with Gasteiger partial charge in [0.15, 0.2) is 9.84 Å². The van der Waals surface area contributed by atoms with Crippen molar-refractivity contribution < 1.29 is 26.7 Å². The molecule has 0 radical (unpaired) electrons. The molecule has 6 nitrogen and oxygen atoms in total. The highest BCUT2D eigenvalue weighted by Crippen LogP contribution is 2.23. The minimum Gasteiger partial charge on any atom is -0.390 e. The van der Waals surface area contributed by atoms with Crippen molar-refractivity contribution in [2.24, 2.45) is 0 Å². The fourth-order valence-corrected chi connectivity index (χ4v) is 3.29. The third-order valence-corrected chi connectivity index (χ3v) is 4.81. The van der Waals surface area contributed by atoms with Crippen LogP contribution in [0.25, 0.3) is 0 Å². The highest BCUT2D eigenvalue weighted by Gasteiger charge is 2.27. The molecule has 124 valence electrons. The van der Waals surface area contributed by atoms with E-state index in [0.717, 1.165) is 0 Å². The second-order valence-corrected chi connectivity index (χ2v) is 7.27. The van der Waals surface area contributed by atoms with E-state index >= 15 is 0 Å². The third-order valence-electron chi connectivity index (χ3n) is 3.20. The highest BCUT2D eigenvalue weighted by molar-refractivity contribution is 7.91. The second-order valence-electron chi connectivity index (χ2n) is 4.97. The summed E-state index contributed by atoms with van der Waals surface area (Å²) in [6.07, 6.45) is -4.38. The number of anilines is 2. The zero-order valence-corrected chi connectivity index (χ0v) is 12.4. The number of aromatic nitrogens is 1. The van der Waals surface area contributed by atoms with Crippen molar-refractivity contribution in [3.63, 3.8) is 0 Å². The normalized spacial score (nSPS) is 18.3. The molecule has 10 heteroatoms. The summed E-state index contributed by atoms with van der Waals surface area (Å²) in [5, 5.41) is 11.3. The van der Waals surface area contributed by atoms with E-state index in [2.05, 4.69) is 10.3 Å². The molecule has 1 aliphatic rings. The topological polar surface area (TPSA) is 82.5 Å². The van der Waals surface area contributed by atoms with Gasteiger partial charge < -0.3 is 15.3 Å². The van der Waals surface area contributed by atoms with Crippen LogP contribution in [-0.4, -0.2) is 55.8 Å². The van der Waals surface area contributed by atoms with Gasteiger partial charge in [0.25, 0.3) is 0 Å². The minimum atomic E-state index is -4.38. The van der Waals surface area contributed by atoms with E-state index in [9.17, 15) is 21.6 Å². The summed E-state index contributed by atoms with van der Waals surface area (Å²) in [5.74, 6) is -0.0169. The predicted octanol–water partition coefficient (Wildman–Crippen LogP) is 0.783. The Morgan fingerprint density at radius 1 is 1.27 bits per heavy atom. The number of nitrogens with one attached hydrogen (secondary N) is 1. The van der Waals surface area contributed by atoms with Crippen molar-refractivity contribution in [2.75, 3.05) is 41.4 Å². The molecule has 2 N–H and O–H groups in total. The monoisotopic (exact) mass is 339 g/mol. The first kappa shape index (κ1) is 16.8. The van der Waals surface area contributed by atoms with Crippen LogP contribution in [0.2, 0.25) is 0 Å². The van der Waals surface area contributed by atoms with Gasteiger partial charge in [-0.2, -0.15) is 13.2 Å². The first-order chi connectivity index (χ1) is 10.2. The number of alkyl halides is 3. The van der Waals surface area contributed by atoms with Crippen molar-refractivity contribution >= 4 is 21.3 Å². The molecule has 0 aliphatic carbocycles. The summed E-state index contributed by atoms with van der Waals surface area (Å²) < 4.78 is 59.6. The Morgan fingerprint density at radius 2 is 1.91 bits per heavy atom. The van der Waals surface area contributed by atoms with Crippen LogP contribution in [0.4, 0.5) is 24.7 Å². The Kier molecular flexibility index (Phi) is 4.81. The zero-order chi connectivity index (χ0) is 16.4. The lowest BCUT2D eigenvalue weighted by atomic mass is 10.2. The van der Waals surface area contributed by atoms with Crippen molar-refractivity contribution in [1.82, 2.24) is 4.98 Å². The summed E-state index contributed by atoms with van der Waals surface area (Å²) in [5.41, 5.74) is 0.759. The van der Waals surface area contributed by atoms with Crippen LogP contribution in [0.1, 0.15) is 5.69 Å². The van der Waals surface area contributed by atoms with Crippen LogP contribution in [0.15, 0.2) is 12.1 Å². The first-order valence-electron chi connectivity index (χ1n) is 6.56. The molecule has 0 bridgehead atoms. The lowest BCUT2D eigenvalue weighted by molar-refractivity contribution is -0.115. The third kappa shape index (κ3) is 4.73. The Balaban J connectivity index is 2.17. The zero-order valence-electron chi connectivity index (χ0n) is 11.6. The first-order valence-corrected chi connectivity index (χ1v) is 8.38. The molecule has 1 aromatic heterocycles. The van der Waals surface area contributed by atoms with Gasteiger partial charge in [0.1, 0.15) is 12.4 Å². The van der Waals surface area contributed by atoms with Crippen LogP contribution >= 0.6 is 0 Å². The maximum absolute atomic E-state index is 12.2. The number of hydrogen-bond acceptors (Lipinski definition) is 6. The van der Waals surface area contributed by atoms with E-state index in [1.807, 2.05) is 0 Å². The van der Waals surface area contributed by atoms with E-state index in [-0.39, 0.29) is 36.1 Å². The van der Waals surface area contributed by atoms with E-state index in [1.54, 1.807) is 4.90 Å². The van der Waals surface area contributed by atoms with Gasteiger partial charge in [-0.05, 0) is 6.07 Å². The van der Waals surface area contributed by atoms with Crippen LogP contribution in [-0.2, 0) is 16.4 Å². The molecule has 1 fully saturated rings. The Bertz CT molecular complexity index is 620. The van der Waals surface area contributed by atoms with E-state index < -0.39 is 29.2 Å². The fourth-order valence-electron chi connectivity index (χ4n) is 2.09. The highest BCUT2D eigenvalue weighted by atomic mass is 32.2. The van der Waals surface area contributed by atoms with Gasteiger partial charge in [-0.3, -0.25) is 0 Å². The van der Waals surface area contributed by atoms with Crippen LogP contribution < -0.4 is 10.2 Å². The number of sulfone groups is 1. The largest absolute Gasteiger partial charge is 0.405 e. The summed E-state index contributed by atoms with van der Waals surface area (Å²) >= 11 is 0. The van der Waals surface area contributed by atoms with Crippen molar-refractivity contribution in [3.05, 3.63) is 17.8 Å². The molecule has 0 saturated carbocycles. The van der Waals surface area contributed by atoms with Gasteiger partial charge in [-0.15, -0.1) is 0 Å². The quantitative estimate of drug-likeness (QED) is 0.844. The average Bonchev–Trinajstić information content (AvgIpc) is 2.44. The number of pyridine rings is 1. The number of nitrogens with zero attached hydrogens (tertiary/aromatic N) is 2. The molecular formula is C12H16F3N3O3S. The van der Waals surface area contributed by atoms with Crippen LogP contribution in [0.5, 0.6) is 0 Å². The summed E-state index contributed by atoms with van der Waals surface area (Å²) in [6.45, 7) is -1.13. The number of rotatable bonds is 4. The van der Waals surface area contributed by atoms with Crippen molar-refractivity contribution in [1.29, 1.82) is 0 Å². The number of aliphatic hydroxyl groups excluding tert-OH is 1. The fraction of sp³-hybridized carbons (Fsp3) is 0.583. The lowest BCUT2D eigenvalue weighted by Crippen LogP contribution is -2.40. The summed E-state index contributed by atoms with van der Waals surface area (Å²) in [4.78, 5) is 5.62.